The predicted octanol–water partition coefficient (Wildman–Crippen LogP) is -4.87. The van der Waals surface area contributed by atoms with Gasteiger partial charge in [0.05, 0.1) is 26.2 Å². The molecule has 6 unspecified atom stereocenters. The molecule has 0 spiro atoms. The molecule has 2 fully saturated rings. The SMILES string of the molecule is COC1C(O)[C@@H](COP(=O)([O-])OP(=O)([O-])OP(=O)([O-])OC[C@H]2O[C@@H](n3cnc4c(=O)[nH]c(N)nc43)C(OC)[C@H]2O)O[C@H]1N1CN(C)c2c1nc(N)[nH]c2=O. The van der Waals surface area contributed by atoms with Gasteiger partial charge in [0.15, 0.2) is 29.4 Å². The Hall–Kier alpha value is -3.40. The zero-order chi connectivity index (χ0) is 39.5. The summed E-state index contributed by atoms with van der Waals surface area (Å²) in [7, 11) is -14.4. The van der Waals surface area contributed by atoms with Gasteiger partial charge in [-0.25, -0.2) is 13.6 Å². The van der Waals surface area contributed by atoms with Crippen molar-refractivity contribution in [2.45, 2.75) is 49.1 Å². The second-order valence-electron chi connectivity index (χ2n) is 11.8. The standard InChI is InChI=1S/C23H35N10O18P3/c1-31-7-33(17-11(31)19(37)30-23(25)28-17)21-15(45-3)13(35)9(49-21)5-47-53(40,41)51-54(42,43)50-52(38,39)46-4-8-12(34)14(44-2)20(48-8)32-6-26-10-16(32)27-22(24)29-18(10)36/h6,8-9,12-15,20-21,34-35H,4-5,7H2,1-3H3,(H,38,39)(H,40,41)(H,42,43)(H3,24,27,29,36)(H3,25,28,30,37)/p-3/t8-,9-,12+,13?,14?,15?,20-,21-/m1/s1. The van der Waals surface area contributed by atoms with Crippen LogP contribution in [0.15, 0.2) is 15.9 Å². The normalized spacial score (nSPS) is 30.4. The monoisotopic (exact) mass is 829 g/mol. The number of phosphoric ester groups is 2. The summed E-state index contributed by atoms with van der Waals surface area (Å²) >= 11 is 0. The lowest BCUT2D eigenvalue weighted by Crippen LogP contribution is -2.46. The highest BCUT2D eigenvalue weighted by molar-refractivity contribution is 7.65. The molecule has 0 aromatic carbocycles. The largest absolute Gasteiger partial charge is 0.756 e. The Labute approximate surface area is 301 Å². The summed E-state index contributed by atoms with van der Waals surface area (Å²) in [5, 5.41) is 21.5. The number of imidazole rings is 1. The van der Waals surface area contributed by atoms with Crippen molar-refractivity contribution in [2.24, 2.45) is 0 Å². The molecule has 0 amide bonds. The lowest BCUT2D eigenvalue weighted by molar-refractivity contribution is -0.252. The fraction of sp³-hybridized carbons (Fsp3) is 0.609. The van der Waals surface area contributed by atoms with Crippen molar-refractivity contribution in [2.75, 3.05) is 62.4 Å². The smallest absolute Gasteiger partial charge is 0.280 e. The van der Waals surface area contributed by atoms with Crippen LogP contribution >= 0.6 is 23.5 Å². The maximum absolute atomic E-state index is 12.5. The van der Waals surface area contributed by atoms with E-state index in [1.54, 1.807) is 7.05 Å². The first-order valence-corrected chi connectivity index (χ1v) is 19.6. The second-order valence-corrected chi connectivity index (χ2v) is 16.3. The van der Waals surface area contributed by atoms with Crippen LogP contribution in [0.1, 0.15) is 6.23 Å². The number of hydrogen-bond acceptors (Lipinski definition) is 25. The Kier molecular flexibility index (Phi) is 11.1. The number of H-pyrrole nitrogens is 2. The van der Waals surface area contributed by atoms with Crippen molar-refractivity contribution in [3.8, 4) is 0 Å². The lowest BCUT2D eigenvalue weighted by Gasteiger charge is -2.35. The molecule has 8 N–H and O–H groups in total. The van der Waals surface area contributed by atoms with E-state index in [0.717, 1.165) is 6.33 Å². The van der Waals surface area contributed by atoms with Gasteiger partial charge in [-0.05, 0) is 0 Å². The van der Waals surface area contributed by atoms with Crippen LogP contribution in [-0.4, -0.2) is 124 Å². The van der Waals surface area contributed by atoms with Crippen molar-refractivity contribution in [3.63, 3.8) is 0 Å². The van der Waals surface area contributed by atoms with Gasteiger partial charge in [0.1, 0.15) is 42.3 Å². The fourth-order valence-electron chi connectivity index (χ4n) is 6.05. The van der Waals surface area contributed by atoms with Crippen molar-refractivity contribution in [3.05, 3.63) is 27.0 Å². The van der Waals surface area contributed by atoms with Gasteiger partial charge in [-0.1, -0.05) is 0 Å². The first-order chi connectivity index (χ1) is 25.2. The number of aromatic nitrogens is 6. The molecule has 6 heterocycles. The van der Waals surface area contributed by atoms with Crippen molar-refractivity contribution >= 4 is 58.0 Å². The maximum atomic E-state index is 12.5. The van der Waals surface area contributed by atoms with E-state index in [4.69, 9.17) is 30.4 Å². The van der Waals surface area contributed by atoms with Crippen LogP contribution in [0.4, 0.5) is 23.4 Å². The predicted molar refractivity (Wildman–Crippen MR) is 171 cm³/mol. The summed E-state index contributed by atoms with van der Waals surface area (Å²) in [6.45, 7) is -2.18. The number of aliphatic hydroxyl groups is 2. The summed E-state index contributed by atoms with van der Waals surface area (Å²) < 4.78 is 77.2. The number of ether oxygens (including phenoxy) is 4. The highest BCUT2D eigenvalue weighted by Gasteiger charge is 2.50. The number of anilines is 4. The molecule has 54 heavy (non-hydrogen) atoms. The first kappa shape index (κ1) is 40.3. The Bertz CT molecular complexity index is 2150. The molecule has 31 heteroatoms. The number of phosphoric acid groups is 3. The Morgan fingerprint density at radius 1 is 0.870 bits per heavy atom. The number of aliphatic hydroxyl groups excluding tert-OH is 2. The van der Waals surface area contributed by atoms with E-state index in [0.29, 0.717) is 0 Å². The summed E-state index contributed by atoms with van der Waals surface area (Å²) in [4.78, 5) is 81.3. The molecule has 6 rings (SSSR count). The van der Waals surface area contributed by atoms with Crippen LogP contribution in [0.2, 0.25) is 0 Å². The molecule has 11 atom stereocenters. The topological polar surface area (TPSA) is 403 Å². The summed E-state index contributed by atoms with van der Waals surface area (Å²) in [6, 6.07) is 0. The number of fused-ring (bicyclic) bond motifs is 2. The van der Waals surface area contributed by atoms with Gasteiger partial charge in [-0.2, -0.15) is 9.97 Å². The molecular formula is C23H32N10O18P3-3. The maximum Gasteiger partial charge on any atom is 0.280 e. The molecule has 0 saturated carbocycles. The number of nitrogens with one attached hydrogen (secondary N) is 2. The second kappa shape index (κ2) is 14.9. The number of rotatable bonds is 14. The van der Waals surface area contributed by atoms with Gasteiger partial charge in [0.25, 0.3) is 34.6 Å². The number of hydrogen-bond donors (Lipinski definition) is 6. The zero-order valence-electron chi connectivity index (χ0n) is 27.9. The molecule has 300 valence electrons. The van der Waals surface area contributed by atoms with Crippen molar-refractivity contribution in [1.29, 1.82) is 0 Å². The van der Waals surface area contributed by atoms with E-state index in [2.05, 4.69) is 42.6 Å². The highest BCUT2D eigenvalue weighted by Crippen LogP contribution is 2.63. The Morgan fingerprint density at radius 2 is 1.39 bits per heavy atom. The average molecular weight is 829 g/mol. The molecule has 3 aliphatic rings. The van der Waals surface area contributed by atoms with Crippen LogP contribution in [0, 0.1) is 0 Å². The van der Waals surface area contributed by atoms with Gasteiger partial charge in [-0.3, -0.25) is 37.8 Å². The molecule has 3 aromatic rings. The third-order valence-electron chi connectivity index (χ3n) is 8.31. The molecule has 0 radical (unpaired) electrons. The molecular weight excluding hydrogens is 797 g/mol. The van der Waals surface area contributed by atoms with Crippen LogP contribution in [0.5, 0.6) is 0 Å². The average Bonchev–Trinajstić information content (AvgIpc) is 3.79. The summed E-state index contributed by atoms with van der Waals surface area (Å²) in [5.74, 6) is -0.442. The minimum absolute atomic E-state index is 0.00660. The molecule has 3 aromatic heterocycles. The molecule has 2 saturated heterocycles. The number of methoxy groups -OCH3 is 2. The number of nitrogen functional groups attached to an aromatic ring is 2. The number of aromatic amines is 2. The third kappa shape index (κ3) is 7.96. The molecule has 3 aliphatic heterocycles. The van der Waals surface area contributed by atoms with E-state index >= 15 is 0 Å². The summed E-state index contributed by atoms with van der Waals surface area (Å²) in [5.41, 5.74) is 9.89. The van der Waals surface area contributed by atoms with E-state index in [-0.39, 0.29) is 41.2 Å². The minimum atomic E-state index is -6.33. The number of nitrogens with zero attached hydrogens (tertiary/aromatic N) is 6. The fourth-order valence-corrected chi connectivity index (χ4v) is 9.43. The van der Waals surface area contributed by atoms with Crippen LogP contribution in [0.3, 0.4) is 0 Å². The van der Waals surface area contributed by atoms with Gasteiger partial charge < -0.3 is 74.2 Å². The van der Waals surface area contributed by atoms with E-state index in [9.17, 15) is 48.2 Å². The van der Waals surface area contributed by atoms with Crippen LogP contribution < -0.4 is 47.1 Å². The van der Waals surface area contributed by atoms with Crippen molar-refractivity contribution in [1.82, 2.24) is 29.5 Å². The van der Waals surface area contributed by atoms with E-state index < -0.39 is 96.9 Å². The zero-order valence-corrected chi connectivity index (χ0v) is 30.6. The Balaban J connectivity index is 1.05. The van der Waals surface area contributed by atoms with Gasteiger partial charge in [0, 0.05) is 21.3 Å². The molecule has 0 bridgehead atoms. The Morgan fingerprint density at radius 3 is 1.96 bits per heavy atom. The van der Waals surface area contributed by atoms with Gasteiger partial charge >= 0.3 is 0 Å². The molecule has 0 aliphatic carbocycles. The first-order valence-electron chi connectivity index (χ1n) is 15.2. The summed E-state index contributed by atoms with van der Waals surface area (Å²) in [6.07, 6.45) is -10.1. The van der Waals surface area contributed by atoms with Crippen LogP contribution in [0.25, 0.3) is 11.2 Å². The highest BCUT2D eigenvalue weighted by atomic mass is 31.3. The van der Waals surface area contributed by atoms with Crippen molar-refractivity contribution < 1.29 is 75.2 Å². The third-order valence-corrected chi connectivity index (χ3v) is 12.4. The number of nitrogens with two attached hydrogens (primary N) is 2. The van der Waals surface area contributed by atoms with E-state index in [1.807, 2.05) is 0 Å². The van der Waals surface area contributed by atoms with Crippen LogP contribution in [-0.2, 0) is 50.3 Å². The van der Waals surface area contributed by atoms with Gasteiger partial charge in [0.2, 0.25) is 11.9 Å². The quantitative estimate of drug-likeness (QED) is 0.0829. The lowest BCUT2D eigenvalue weighted by atomic mass is 10.1. The van der Waals surface area contributed by atoms with E-state index in [1.165, 1.54) is 28.6 Å². The minimum Gasteiger partial charge on any atom is -0.756 e. The molecule has 28 nitrogen and oxygen atoms in total. The van der Waals surface area contributed by atoms with Gasteiger partial charge in [-0.15, -0.1) is 0 Å².